The minimum absolute atomic E-state index is 0.494. The first-order valence-corrected chi connectivity index (χ1v) is 10.1. The Bertz CT molecular complexity index is 1090. The van der Waals surface area contributed by atoms with Crippen LogP contribution in [0.4, 0.5) is 0 Å². The first kappa shape index (κ1) is 17.9. The van der Waals surface area contributed by atoms with Gasteiger partial charge in [0.25, 0.3) is 0 Å². The predicted molar refractivity (Wildman–Crippen MR) is 108 cm³/mol. The topological polar surface area (TPSA) is 69.6 Å². The van der Waals surface area contributed by atoms with Crippen molar-refractivity contribution in [3.8, 4) is 17.1 Å². The van der Waals surface area contributed by atoms with E-state index in [1.54, 1.807) is 6.33 Å². The lowest BCUT2D eigenvalue weighted by Gasteiger charge is -2.09. The standard InChI is InChI=1S/C19H16BrN5OS/c1-12-7-8-16(13(2)9-12)25-11-21-24-19(25)27-10-17-22-23-18(26-17)14-5-3-4-6-15(14)20/h3-9,11H,10H2,1-2H3. The first-order chi connectivity index (χ1) is 13.1. The second-order valence-electron chi connectivity index (χ2n) is 6.04. The van der Waals surface area contributed by atoms with Gasteiger partial charge in [0, 0.05) is 4.47 Å². The van der Waals surface area contributed by atoms with E-state index in [0.29, 0.717) is 17.5 Å². The van der Waals surface area contributed by atoms with Gasteiger partial charge >= 0.3 is 0 Å². The number of aromatic nitrogens is 5. The molecule has 4 rings (SSSR count). The fraction of sp³-hybridized carbons (Fsp3) is 0.158. The first-order valence-electron chi connectivity index (χ1n) is 8.29. The van der Waals surface area contributed by atoms with Gasteiger partial charge < -0.3 is 4.42 Å². The van der Waals surface area contributed by atoms with E-state index in [1.165, 1.54) is 22.9 Å². The zero-order valence-electron chi connectivity index (χ0n) is 14.8. The summed E-state index contributed by atoms with van der Waals surface area (Å²) in [5.41, 5.74) is 4.34. The quantitative estimate of drug-likeness (QED) is 0.406. The molecule has 0 aliphatic heterocycles. The van der Waals surface area contributed by atoms with Crippen LogP contribution in [0.2, 0.25) is 0 Å². The molecule has 0 atom stereocenters. The molecule has 2 aromatic carbocycles. The third-order valence-electron chi connectivity index (χ3n) is 4.02. The second kappa shape index (κ2) is 7.66. The third kappa shape index (κ3) is 3.81. The Balaban J connectivity index is 1.52. The summed E-state index contributed by atoms with van der Waals surface area (Å²) in [4.78, 5) is 0. The van der Waals surface area contributed by atoms with Crippen molar-refractivity contribution in [2.24, 2.45) is 0 Å². The molecule has 0 aliphatic rings. The molecular weight excluding hydrogens is 426 g/mol. The molecule has 0 fully saturated rings. The highest BCUT2D eigenvalue weighted by Crippen LogP contribution is 2.29. The van der Waals surface area contributed by atoms with Crippen LogP contribution < -0.4 is 0 Å². The fourth-order valence-electron chi connectivity index (χ4n) is 2.75. The molecule has 6 nitrogen and oxygen atoms in total. The molecule has 0 bridgehead atoms. The van der Waals surface area contributed by atoms with Crippen LogP contribution in [0, 0.1) is 13.8 Å². The molecule has 0 aliphatic carbocycles. The van der Waals surface area contributed by atoms with Crippen molar-refractivity contribution in [2.75, 3.05) is 0 Å². The van der Waals surface area contributed by atoms with Gasteiger partial charge in [-0.2, -0.15) is 0 Å². The van der Waals surface area contributed by atoms with Gasteiger partial charge in [-0.25, -0.2) is 0 Å². The van der Waals surface area contributed by atoms with E-state index in [1.807, 2.05) is 28.8 Å². The summed E-state index contributed by atoms with van der Waals surface area (Å²) in [6.07, 6.45) is 1.72. The van der Waals surface area contributed by atoms with Crippen LogP contribution in [-0.2, 0) is 5.75 Å². The molecule has 0 amide bonds. The summed E-state index contributed by atoms with van der Waals surface area (Å²) in [6, 6.07) is 14.1. The molecule has 27 heavy (non-hydrogen) atoms. The number of benzene rings is 2. The van der Waals surface area contributed by atoms with E-state index < -0.39 is 0 Å². The van der Waals surface area contributed by atoms with E-state index in [-0.39, 0.29) is 0 Å². The molecule has 4 aromatic rings. The van der Waals surface area contributed by atoms with Crippen molar-refractivity contribution >= 4 is 27.7 Å². The van der Waals surface area contributed by atoms with Crippen LogP contribution >= 0.6 is 27.7 Å². The van der Waals surface area contributed by atoms with Gasteiger partial charge in [-0.3, -0.25) is 4.57 Å². The number of rotatable bonds is 5. The van der Waals surface area contributed by atoms with Crippen molar-refractivity contribution in [2.45, 2.75) is 24.8 Å². The van der Waals surface area contributed by atoms with E-state index in [2.05, 4.69) is 68.4 Å². The number of halogens is 1. The van der Waals surface area contributed by atoms with E-state index in [9.17, 15) is 0 Å². The van der Waals surface area contributed by atoms with Crippen LogP contribution in [-0.4, -0.2) is 25.0 Å². The van der Waals surface area contributed by atoms with Gasteiger partial charge in [0.05, 0.1) is 17.0 Å². The molecule has 2 heterocycles. The summed E-state index contributed by atoms with van der Waals surface area (Å²) in [7, 11) is 0. The van der Waals surface area contributed by atoms with E-state index >= 15 is 0 Å². The molecule has 0 saturated carbocycles. The van der Waals surface area contributed by atoms with Crippen LogP contribution in [0.25, 0.3) is 17.1 Å². The SMILES string of the molecule is Cc1ccc(-n2cnnc2SCc2nnc(-c3ccccc3Br)o2)c(C)c1. The van der Waals surface area contributed by atoms with Gasteiger partial charge in [-0.15, -0.1) is 20.4 Å². The van der Waals surface area contributed by atoms with Crippen LogP contribution in [0.3, 0.4) is 0 Å². The summed E-state index contributed by atoms with van der Waals surface area (Å²) in [6.45, 7) is 4.16. The number of hydrogen-bond donors (Lipinski definition) is 0. The largest absolute Gasteiger partial charge is 0.420 e. The molecule has 0 spiro atoms. The van der Waals surface area contributed by atoms with Crippen molar-refractivity contribution < 1.29 is 4.42 Å². The highest BCUT2D eigenvalue weighted by molar-refractivity contribution is 9.10. The Labute approximate surface area is 169 Å². The summed E-state index contributed by atoms with van der Waals surface area (Å²) < 4.78 is 8.70. The summed E-state index contributed by atoms with van der Waals surface area (Å²) in [5.74, 6) is 1.55. The van der Waals surface area contributed by atoms with Gasteiger partial charge in [-0.05, 0) is 53.5 Å². The van der Waals surface area contributed by atoms with Crippen LogP contribution in [0.5, 0.6) is 0 Å². The fourth-order valence-corrected chi connectivity index (χ4v) is 3.96. The molecule has 0 N–H and O–H groups in total. The maximum absolute atomic E-state index is 5.80. The minimum atomic E-state index is 0.494. The Kier molecular flexibility index (Phi) is 5.09. The Morgan fingerprint density at radius 3 is 2.74 bits per heavy atom. The van der Waals surface area contributed by atoms with Gasteiger partial charge in [0.1, 0.15) is 6.33 Å². The highest BCUT2D eigenvalue weighted by atomic mass is 79.9. The molecule has 8 heteroatoms. The number of thioether (sulfide) groups is 1. The average Bonchev–Trinajstić information content (AvgIpc) is 3.30. The molecule has 0 unspecified atom stereocenters. The molecule has 136 valence electrons. The maximum Gasteiger partial charge on any atom is 0.248 e. The van der Waals surface area contributed by atoms with Crippen molar-refractivity contribution in [1.29, 1.82) is 0 Å². The monoisotopic (exact) mass is 441 g/mol. The number of aryl methyl sites for hydroxylation is 2. The van der Waals surface area contributed by atoms with Crippen molar-refractivity contribution in [3.63, 3.8) is 0 Å². The minimum Gasteiger partial charge on any atom is -0.420 e. The van der Waals surface area contributed by atoms with Gasteiger partial charge in [-0.1, -0.05) is 41.6 Å². The zero-order chi connectivity index (χ0) is 18.8. The smallest absolute Gasteiger partial charge is 0.248 e. The molecular formula is C19H16BrN5OS. The molecule has 2 aromatic heterocycles. The molecule has 0 saturated heterocycles. The van der Waals surface area contributed by atoms with Crippen LogP contribution in [0.15, 0.2) is 62.8 Å². The van der Waals surface area contributed by atoms with Crippen LogP contribution in [0.1, 0.15) is 17.0 Å². The van der Waals surface area contributed by atoms with E-state index in [4.69, 9.17) is 4.42 Å². The second-order valence-corrected chi connectivity index (χ2v) is 7.84. The lowest BCUT2D eigenvalue weighted by Crippen LogP contribution is -1.98. The van der Waals surface area contributed by atoms with Gasteiger partial charge in [0.15, 0.2) is 5.16 Å². The normalized spacial score (nSPS) is 11.1. The zero-order valence-corrected chi connectivity index (χ0v) is 17.2. The van der Waals surface area contributed by atoms with Crippen molar-refractivity contribution in [1.82, 2.24) is 25.0 Å². The third-order valence-corrected chi connectivity index (χ3v) is 5.64. The number of hydrogen-bond acceptors (Lipinski definition) is 6. The predicted octanol–water partition coefficient (Wildman–Crippen LogP) is 4.99. The summed E-state index contributed by atoms with van der Waals surface area (Å²) >= 11 is 5.01. The average molecular weight is 442 g/mol. The summed E-state index contributed by atoms with van der Waals surface area (Å²) in [5, 5.41) is 17.4. The Morgan fingerprint density at radius 1 is 1.07 bits per heavy atom. The molecule has 0 radical (unpaired) electrons. The Hall–Kier alpha value is -2.45. The number of nitrogens with zero attached hydrogens (tertiary/aromatic N) is 5. The Morgan fingerprint density at radius 2 is 1.93 bits per heavy atom. The highest BCUT2D eigenvalue weighted by Gasteiger charge is 2.14. The lowest BCUT2D eigenvalue weighted by atomic mass is 10.1. The van der Waals surface area contributed by atoms with Gasteiger partial charge in [0.2, 0.25) is 11.8 Å². The van der Waals surface area contributed by atoms with Crippen molar-refractivity contribution in [3.05, 3.63) is 70.3 Å². The lowest BCUT2D eigenvalue weighted by molar-refractivity contribution is 0.528. The maximum atomic E-state index is 5.80. The van der Waals surface area contributed by atoms with E-state index in [0.717, 1.165) is 20.9 Å².